The Morgan fingerprint density at radius 1 is 0.532 bits per heavy atom. The molecule has 5 aromatic carbocycles. The molecule has 7 aliphatic rings. The van der Waals surface area contributed by atoms with Gasteiger partial charge in [0.15, 0.2) is 0 Å². The Morgan fingerprint density at radius 2 is 1.19 bits per heavy atom. The summed E-state index contributed by atoms with van der Waals surface area (Å²) in [5, 5.41) is 14.4. The highest BCUT2D eigenvalue weighted by atomic mass is 14.9. The van der Waals surface area contributed by atoms with E-state index in [0.29, 0.717) is 11.8 Å². The molecule has 3 nitrogen and oxygen atoms in total. The fourth-order valence-corrected chi connectivity index (χ4v) is 15.8. The van der Waals surface area contributed by atoms with E-state index in [2.05, 4.69) is 131 Å². The molecule has 310 valence electrons. The molecule has 7 aliphatic carbocycles. The van der Waals surface area contributed by atoms with Gasteiger partial charge in [0.25, 0.3) is 0 Å². The van der Waals surface area contributed by atoms with E-state index in [0.717, 1.165) is 11.8 Å². The third-order valence-electron chi connectivity index (χ3n) is 18.8. The van der Waals surface area contributed by atoms with Gasteiger partial charge in [-0.25, -0.2) is 0 Å². The molecule has 0 N–H and O–H groups in total. The van der Waals surface area contributed by atoms with E-state index in [1.54, 1.807) is 22.1 Å². The zero-order valence-corrected chi connectivity index (χ0v) is 38.1. The van der Waals surface area contributed by atoms with Crippen LogP contribution in [-0.2, 0) is 21.7 Å². The molecule has 4 unspecified atom stereocenters. The van der Waals surface area contributed by atoms with Crippen LogP contribution in [0.5, 0.6) is 0 Å². The average Bonchev–Trinajstić information content (AvgIpc) is 3.86. The number of benzene rings is 5. The molecular formula is C59H59N3. The van der Waals surface area contributed by atoms with Gasteiger partial charge in [-0.2, -0.15) is 0 Å². The molecule has 3 fully saturated rings. The van der Waals surface area contributed by atoms with Crippen molar-refractivity contribution in [2.75, 3.05) is 0 Å². The number of nitrogens with zero attached hydrogens (tertiary/aromatic N) is 3. The maximum Gasteiger partial charge on any atom is 0.0728 e. The number of hydrogen-bond acceptors (Lipinski definition) is 1. The van der Waals surface area contributed by atoms with Crippen LogP contribution in [0.3, 0.4) is 0 Å². The van der Waals surface area contributed by atoms with E-state index in [1.165, 1.54) is 163 Å². The van der Waals surface area contributed by atoms with Crippen LogP contribution < -0.4 is 0 Å². The molecule has 0 amide bonds. The zero-order chi connectivity index (χ0) is 41.7. The number of aromatic nitrogens is 3. The number of hydrogen-bond donors (Lipinski definition) is 0. The molecule has 10 aromatic rings. The maximum atomic E-state index is 5.58. The molecule has 4 atom stereocenters. The minimum atomic E-state index is 0.0203. The van der Waals surface area contributed by atoms with E-state index in [4.69, 9.17) is 4.98 Å². The second-order valence-corrected chi connectivity index (χ2v) is 24.5. The van der Waals surface area contributed by atoms with E-state index < -0.39 is 0 Å². The predicted molar refractivity (Wildman–Crippen MR) is 262 cm³/mol. The summed E-state index contributed by atoms with van der Waals surface area (Å²) in [5.74, 6) is 2.95. The lowest BCUT2D eigenvalue weighted by atomic mass is 9.62. The van der Waals surface area contributed by atoms with Gasteiger partial charge in [-0.1, -0.05) is 86.1 Å². The summed E-state index contributed by atoms with van der Waals surface area (Å²) in [6.07, 6.45) is 15.6. The molecular weight excluding hydrogens is 751 g/mol. The highest BCUT2D eigenvalue weighted by molar-refractivity contribution is 6.34. The molecule has 6 bridgehead atoms. The first-order valence-electron chi connectivity index (χ1n) is 24.5. The molecule has 17 rings (SSSR count). The van der Waals surface area contributed by atoms with Gasteiger partial charge in [-0.05, 0) is 172 Å². The summed E-state index contributed by atoms with van der Waals surface area (Å²) >= 11 is 0. The van der Waals surface area contributed by atoms with Crippen molar-refractivity contribution in [2.45, 2.75) is 153 Å². The van der Waals surface area contributed by atoms with E-state index in [-0.39, 0.29) is 21.7 Å². The predicted octanol–water partition coefficient (Wildman–Crippen LogP) is 16.0. The van der Waals surface area contributed by atoms with Crippen molar-refractivity contribution in [1.29, 1.82) is 0 Å². The first kappa shape index (κ1) is 35.6. The molecule has 0 saturated heterocycles. The van der Waals surface area contributed by atoms with Crippen LogP contribution in [-0.4, -0.2) is 13.8 Å². The van der Waals surface area contributed by atoms with Crippen LogP contribution in [0.4, 0.5) is 0 Å². The van der Waals surface area contributed by atoms with Crippen molar-refractivity contribution in [2.24, 2.45) is 11.8 Å². The average molecular weight is 810 g/mol. The lowest BCUT2D eigenvalue weighted by Gasteiger charge is -2.42. The Bertz CT molecular complexity index is 3660. The number of fused-ring (bicyclic) bond motifs is 17. The second kappa shape index (κ2) is 10.9. The highest BCUT2D eigenvalue weighted by Gasteiger charge is 2.47. The smallest absolute Gasteiger partial charge is 0.0728 e. The molecule has 3 saturated carbocycles. The quantitative estimate of drug-likeness (QED) is 0.150. The van der Waals surface area contributed by atoms with E-state index >= 15 is 0 Å². The zero-order valence-electron chi connectivity index (χ0n) is 38.1. The van der Waals surface area contributed by atoms with Crippen LogP contribution in [0.15, 0.2) is 66.9 Å². The standard InChI is InChI=1S/C59H59N3/c1-56(2,3)35-10-11-37-32(23-35)24-40-38-27-45-39(28-46(38)62-47-29-60-53-34-21-30-18-31(22-34)20-33(19-30)48(53)51(47)50(37)55(40)62)41-25-36(57(4,5)6)26-42-49-44(61(45)54(41)42)13-12-43-52(49)59(8)15-9-14-58(43,7)16-17-59/h10-13,23-31,33-34H,9,14-22H2,1-8H3. The fourth-order valence-electron chi connectivity index (χ4n) is 15.8. The van der Waals surface area contributed by atoms with Gasteiger partial charge in [-0.15, -0.1) is 0 Å². The van der Waals surface area contributed by atoms with Gasteiger partial charge in [0.2, 0.25) is 0 Å². The monoisotopic (exact) mass is 809 g/mol. The van der Waals surface area contributed by atoms with Crippen molar-refractivity contribution in [1.82, 2.24) is 13.8 Å². The normalized spacial score (nSPS) is 27.5. The highest BCUT2D eigenvalue weighted by Crippen LogP contribution is 2.60. The molecule has 3 heteroatoms. The van der Waals surface area contributed by atoms with E-state index in [1.807, 2.05) is 0 Å². The van der Waals surface area contributed by atoms with Crippen molar-refractivity contribution >= 4 is 87.0 Å². The summed E-state index contributed by atoms with van der Waals surface area (Å²) < 4.78 is 5.39. The topological polar surface area (TPSA) is 21.7 Å². The van der Waals surface area contributed by atoms with Crippen LogP contribution in [0.25, 0.3) is 87.0 Å². The lowest BCUT2D eigenvalue weighted by Crippen LogP contribution is -2.34. The molecule has 0 aliphatic heterocycles. The first-order valence-corrected chi connectivity index (χ1v) is 24.5. The minimum Gasteiger partial charge on any atom is -0.308 e. The van der Waals surface area contributed by atoms with Crippen molar-refractivity contribution in [3.05, 3.63) is 100 Å². The largest absolute Gasteiger partial charge is 0.308 e. The number of rotatable bonds is 0. The van der Waals surface area contributed by atoms with Crippen LogP contribution >= 0.6 is 0 Å². The van der Waals surface area contributed by atoms with Crippen LogP contribution in [0.1, 0.15) is 165 Å². The Balaban J connectivity index is 1.13. The summed E-state index contributed by atoms with van der Waals surface area (Å²) in [4.78, 5) is 5.58. The second-order valence-electron chi connectivity index (χ2n) is 24.5. The van der Waals surface area contributed by atoms with Gasteiger partial charge >= 0.3 is 0 Å². The van der Waals surface area contributed by atoms with Gasteiger partial charge in [0.1, 0.15) is 0 Å². The lowest BCUT2D eigenvalue weighted by molar-refractivity contribution is 0.165. The summed E-state index contributed by atoms with van der Waals surface area (Å²) in [7, 11) is 0. The Labute approximate surface area is 364 Å². The number of pyridine rings is 1. The van der Waals surface area contributed by atoms with Gasteiger partial charge < -0.3 is 8.80 Å². The fraction of sp³-hybridized carbons (Fsp3) is 0.441. The molecule has 5 aromatic heterocycles. The Hall–Kier alpha value is -4.89. The molecule has 0 spiro atoms. The SMILES string of the molecule is CC(C)(C)c1ccc2c(c1)cc1c3cc4c(cc3n3c5cnc6c(c5c2c13)C1CC2CC(CC6C2)C1)c1cc(C(C)(C)C)cc2c3c5c(ccc3n4c12)C1(C)CCCC5(C)CC1. The molecule has 5 heterocycles. The third kappa shape index (κ3) is 4.15. The summed E-state index contributed by atoms with van der Waals surface area (Å²) in [6, 6.07) is 25.5. The van der Waals surface area contributed by atoms with Crippen LogP contribution in [0, 0.1) is 11.8 Å². The minimum absolute atomic E-state index is 0.0203. The molecule has 62 heavy (non-hydrogen) atoms. The van der Waals surface area contributed by atoms with Gasteiger partial charge in [0, 0.05) is 54.7 Å². The van der Waals surface area contributed by atoms with Crippen LogP contribution in [0.2, 0.25) is 0 Å². The van der Waals surface area contributed by atoms with Crippen molar-refractivity contribution in [3.63, 3.8) is 0 Å². The maximum absolute atomic E-state index is 5.58. The summed E-state index contributed by atoms with van der Waals surface area (Å²) in [6.45, 7) is 19.5. The Kier molecular flexibility index (Phi) is 6.24. The van der Waals surface area contributed by atoms with Crippen molar-refractivity contribution < 1.29 is 0 Å². The summed E-state index contributed by atoms with van der Waals surface area (Å²) in [5.41, 5.74) is 18.0. The first-order chi connectivity index (χ1) is 29.7. The van der Waals surface area contributed by atoms with Gasteiger partial charge in [-0.3, -0.25) is 4.98 Å². The van der Waals surface area contributed by atoms with Crippen molar-refractivity contribution in [3.8, 4) is 0 Å². The Morgan fingerprint density at radius 3 is 1.94 bits per heavy atom. The third-order valence-corrected chi connectivity index (χ3v) is 18.8. The van der Waals surface area contributed by atoms with E-state index in [9.17, 15) is 0 Å². The molecule has 0 radical (unpaired) electrons. The van der Waals surface area contributed by atoms with Gasteiger partial charge in [0.05, 0.1) is 39.3 Å².